The minimum absolute atomic E-state index is 0.152. The van der Waals surface area contributed by atoms with Crippen LogP contribution in [0, 0.1) is 23.7 Å². The number of nitrogens with two attached hydrogens (primary N) is 1. The molecule has 1 aromatic carbocycles. The summed E-state index contributed by atoms with van der Waals surface area (Å²) in [5.74, 6) is -1.03. The van der Waals surface area contributed by atoms with Crippen molar-refractivity contribution in [3.05, 3.63) is 47.5 Å². The van der Waals surface area contributed by atoms with Gasteiger partial charge in [0.05, 0.1) is 17.9 Å². The second-order valence-corrected chi connectivity index (χ2v) is 5.03. The minimum atomic E-state index is -1.33. The number of carbonyl (C=O) groups excluding carboxylic acids is 2. The molecule has 2 N–H and O–H groups in total. The second kappa shape index (κ2) is 5.71. The Morgan fingerprint density at radius 1 is 1.38 bits per heavy atom. The van der Waals surface area contributed by atoms with Crippen LogP contribution in [-0.4, -0.2) is 23.9 Å². The van der Waals surface area contributed by atoms with Crippen LogP contribution in [0.2, 0.25) is 0 Å². The van der Waals surface area contributed by atoms with Crippen molar-refractivity contribution in [1.82, 2.24) is 0 Å². The van der Waals surface area contributed by atoms with E-state index in [1.807, 2.05) is 25.1 Å². The average molecular weight is 281 g/mol. The standard InChI is InChI=1S/C16H15N3O2/c1-11-3-5-12(6-4-11)14(20)16(8-9-17)7-2-10-19-13(16)15(18)21/h2-7,10,13H,8H2,1H3,(H2,18,21). The van der Waals surface area contributed by atoms with E-state index in [4.69, 9.17) is 11.0 Å². The number of amides is 1. The summed E-state index contributed by atoms with van der Waals surface area (Å²) in [5, 5.41) is 9.08. The maximum Gasteiger partial charge on any atom is 0.243 e. The van der Waals surface area contributed by atoms with Crippen LogP contribution < -0.4 is 5.73 Å². The first-order valence-corrected chi connectivity index (χ1v) is 6.50. The third-order valence-electron chi connectivity index (χ3n) is 3.58. The molecule has 0 saturated carbocycles. The highest BCUT2D eigenvalue weighted by Crippen LogP contribution is 2.36. The zero-order chi connectivity index (χ0) is 15.5. The first kappa shape index (κ1) is 14.7. The second-order valence-electron chi connectivity index (χ2n) is 5.03. The summed E-state index contributed by atoms with van der Waals surface area (Å²) >= 11 is 0. The van der Waals surface area contributed by atoms with Crippen molar-refractivity contribution in [2.45, 2.75) is 19.4 Å². The van der Waals surface area contributed by atoms with Gasteiger partial charge in [0.15, 0.2) is 5.78 Å². The fraction of sp³-hybridized carbons (Fsp3) is 0.250. The average Bonchev–Trinajstić information content (AvgIpc) is 2.48. The van der Waals surface area contributed by atoms with Gasteiger partial charge in [-0.1, -0.05) is 35.9 Å². The van der Waals surface area contributed by atoms with E-state index in [1.54, 1.807) is 24.3 Å². The predicted octanol–water partition coefficient (Wildman–Crippen LogP) is 1.57. The number of rotatable bonds is 4. The summed E-state index contributed by atoms with van der Waals surface area (Å²) in [6.45, 7) is 1.91. The predicted molar refractivity (Wildman–Crippen MR) is 78.8 cm³/mol. The summed E-state index contributed by atoms with van der Waals surface area (Å²) < 4.78 is 0. The number of benzene rings is 1. The molecule has 2 rings (SSSR count). The lowest BCUT2D eigenvalue weighted by atomic mass is 9.70. The number of nitriles is 1. The highest BCUT2D eigenvalue weighted by atomic mass is 16.2. The Kier molecular flexibility index (Phi) is 3.99. The lowest BCUT2D eigenvalue weighted by molar-refractivity contribution is -0.120. The number of nitrogens with zero attached hydrogens (tertiary/aromatic N) is 2. The number of allylic oxidation sites excluding steroid dienone is 1. The molecule has 1 aliphatic heterocycles. The number of primary amides is 1. The molecule has 0 aliphatic carbocycles. The van der Waals surface area contributed by atoms with Gasteiger partial charge < -0.3 is 5.73 Å². The summed E-state index contributed by atoms with van der Waals surface area (Å²) in [4.78, 5) is 28.5. The van der Waals surface area contributed by atoms with Crippen LogP contribution in [0.4, 0.5) is 0 Å². The molecule has 106 valence electrons. The summed E-state index contributed by atoms with van der Waals surface area (Å²) in [6, 6.07) is 7.89. The monoisotopic (exact) mass is 281 g/mol. The van der Waals surface area contributed by atoms with Gasteiger partial charge in [0.2, 0.25) is 5.91 Å². The van der Waals surface area contributed by atoms with Crippen molar-refractivity contribution >= 4 is 17.9 Å². The molecule has 5 nitrogen and oxygen atoms in total. The van der Waals surface area contributed by atoms with Crippen LogP contribution in [0.15, 0.2) is 41.4 Å². The van der Waals surface area contributed by atoms with Gasteiger partial charge in [0, 0.05) is 11.8 Å². The number of hydrogen-bond donors (Lipinski definition) is 1. The topological polar surface area (TPSA) is 96.3 Å². The van der Waals surface area contributed by atoms with Crippen LogP contribution in [0.5, 0.6) is 0 Å². The third kappa shape index (κ3) is 2.61. The molecule has 0 saturated heterocycles. The highest BCUT2D eigenvalue weighted by molar-refractivity contribution is 6.07. The van der Waals surface area contributed by atoms with Crippen LogP contribution in [0.3, 0.4) is 0 Å². The summed E-state index contributed by atoms with van der Waals surface area (Å²) in [6.07, 6.45) is 4.40. The van der Waals surface area contributed by atoms with Gasteiger partial charge in [0.25, 0.3) is 0 Å². The fourth-order valence-electron chi connectivity index (χ4n) is 2.44. The Balaban J connectivity index is 2.51. The van der Waals surface area contributed by atoms with Gasteiger partial charge in [-0.15, -0.1) is 0 Å². The summed E-state index contributed by atoms with van der Waals surface area (Å²) in [7, 11) is 0. The maximum atomic E-state index is 12.9. The molecule has 1 heterocycles. The van der Waals surface area contributed by atoms with E-state index < -0.39 is 17.4 Å². The molecule has 5 heteroatoms. The largest absolute Gasteiger partial charge is 0.368 e. The lowest BCUT2D eigenvalue weighted by Gasteiger charge is -2.32. The first-order chi connectivity index (χ1) is 10.0. The summed E-state index contributed by atoms with van der Waals surface area (Å²) in [5.41, 5.74) is 5.49. The van der Waals surface area contributed by atoms with Crippen molar-refractivity contribution in [3.8, 4) is 6.07 Å². The van der Waals surface area contributed by atoms with E-state index in [9.17, 15) is 9.59 Å². The molecule has 0 fully saturated rings. The quantitative estimate of drug-likeness (QED) is 0.848. The molecule has 0 spiro atoms. The lowest BCUT2D eigenvalue weighted by Crippen LogP contribution is -2.48. The van der Waals surface area contributed by atoms with Gasteiger partial charge in [0.1, 0.15) is 6.04 Å². The van der Waals surface area contributed by atoms with Gasteiger partial charge in [-0.2, -0.15) is 5.26 Å². The Bertz CT molecular complexity index is 668. The molecule has 21 heavy (non-hydrogen) atoms. The first-order valence-electron chi connectivity index (χ1n) is 6.50. The van der Waals surface area contributed by atoms with Crippen LogP contribution in [0.1, 0.15) is 22.3 Å². The van der Waals surface area contributed by atoms with Crippen molar-refractivity contribution in [2.75, 3.05) is 0 Å². The molecule has 1 aromatic rings. The smallest absolute Gasteiger partial charge is 0.243 e. The third-order valence-corrected chi connectivity index (χ3v) is 3.58. The van der Waals surface area contributed by atoms with Gasteiger partial charge in [-0.05, 0) is 13.0 Å². The van der Waals surface area contributed by atoms with Crippen LogP contribution in [-0.2, 0) is 4.79 Å². The Morgan fingerprint density at radius 2 is 2.05 bits per heavy atom. The number of ketones is 1. The van der Waals surface area contributed by atoms with E-state index in [1.165, 1.54) is 6.21 Å². The van der Waals surface area contributed by atoms with Crippen molar-refractivity contribution < 1.29 is 9.59 Å². The van der Waals surface area contributed by atoms with E-state index in [0.29, 0.717) is 5.56 Å². The molecule has 2 atom stereocenters. The normalized spacial score (nSPS) is 23.5. The molecule has 0 aromatic heterocycles. The minimum Gasteiger partial charge on any atom is -0.368 e. The number of hydrogen-bond acceptors (Lipinski definition) is 4. The number of dihydropyridines is 1. The molecule has 2 unspecified atom stereocenters. The number of aliphatic imine (C=N–C) groups is 1. The van der Waals surface area contributed by atoms with E-state index in [2.05, 4.69) is 4.99 Å². The van der Waals surface area contributed by atoms with Gasteiger partial charge >= 0.3 is 0 Å². The molecule has 1 aliphatic rings. The van der Waals surface area contributed by atoms with Crippen LogP contribution in [0.25, 0.3) is 0 Å². The zero-order valence-electron chi connectivity index (χ0n) is 11.6. The number of aryl methyl sites for hydroxylation is 1. The molecular weight excluding hydrogens is 266 g/mol. The van der Waals surface area contributed by atoms with Crippen LogP contribution >= 0.6 is 0 Å². The van der Waals surface area contributed by atoms with Crippen molar-refractivity contribution in [2.24, 2.45) is 16.1 Å². The zero-order valence-corrected chi connectivity index (χ0v) is 11.6. The molecule has 0 bridgehead atoms. The maximum absolute atomic E-state index is 12.9. The number of carbonyl (C=O) groups is 2. The number of Topliss-reactive ketones (excluding diaryl/α,β-unsaturated/α-hetero) is 1. The van der Waals surface area contributed by atoms with E-state index in [0.717, 1.165) is 5.56 Å². The van der Waals surface area contributed by atoms with E-state index >= 15 is 0 Å². The molecular formula is C16H15N3O2. The fourth-order valence-corrected chi connectivity index (χ4v) is 2.44. The Labute approximate surface area is 122 Å². The Hall–Kier alpha value is -2.74. The molecule has 0 radical (unpaired) electrons. The van der Waals surface area contributed by atoms with Crippen molar-refractivity contribution in [1.29, 1.82) is 5.26 Å². The SMILES string of the molecule is Cc1ccc(C(=O)C2(CC#N)C=CC=NC2C(N)=O)cc1. The van der Waals surface area contributed by atoms with E-state index in [-0.39, 0.29) is 12.2 Å². The van der Waals surface area contributed by atoms with Gasteiger partial charge in [-0.25, -0.2) is 0 Å². The highest BCUT2D eigenvalue weighted by Gasteiger charge is 2.47. The molecule has 1 amide bonds. The van der Waals surface area contributed by atoms with Crippen molar-refractivity contribution in [3.63, 3.8) is 0 Å². The Morgan fingerprint density at radius 3 is 2.62 bits per heavy atom. The van der Waals surface area contributed by atoms with Gasteiger partial charge in [-0.3, -0.25) is 14.6 Å².